The minimum Gasteiger partial charge on any atom is -0.398 e. The van der Waals surface area contributed by atoms with Gasteiger partial charge >= 0.3 is 0 Å². The van der Waals surface area contributed by atoms with E-state index < -0.39 is 0 Å². The second kappa shape index (κ2) is 8.77. The third-order valence-corrected chi connectivity index (χ3v) is 6.87. The van der Waals surface area contributed by atoms with Crippen LogP contribution >= 0.6 is 0 Å². The predicted octanol–water partition coefficient (Wildman–Crippen LogP) is 8.48. The lowest BCUT2D eigenvalue weighted by Gasteiger charge is -2.24. The molecule has 1 heteroatoms. The highest BCUT2D eigenvalue weighted by Crippen LogP contribution is 2.38. The van der Waals surface area contributed by atoms with Crippen LogP contribution in [0.2, 0.25) is 0 Å². The van der Waals surface area contributed by atoms with Gasteiger partial charge in [-0.15, -0.1) is 0 Å². The van der Waals surface area contributed by atoms with Crippen molar-refractivity contribution in [2.75, 3.05) is 5.73 Å². The van der Waals surface area contributed by atoms with E-state index >= 15 is 0 Å². The molecule has 0 unspecified atom stereocenters. The van der Waals surface area contributed by atoms with E-state index in [9.17, 15) is 0 Å². The Labute approximate surface area is 196 Å². The lowest BCUT2D eigenvalue weighted by atomic mass is 9.81. The maximum atomic E-state index is 6.83. The zero-order valence-electron chi connectivity index (χ0n) is 21.5. The number of aryl methyl sites for hydroxylation is 1. The Hall–Kier alpha value is -2.54. The summed E-state index contributed by atoms with van der Waals surface area (Å²) in [6, 6.07) is 22.6. The highest BCUT2D eigenvalue weighted by Gasteiger charge is 2.21. The molecule has 0 saturated carbocycles. The van der Waals surface area contributed by atoms with Crippen LogP contribution in [-0.2, 0) is 10.8 Å². The number of anilines is 1. The van der Waals surface area contributed by atoms with Gasteiger partial charge in [-0.2, -0.15) is 0 Å². The van der Waals surface area contributed by atoms with E-state index in [1.807, 2.05) is 0 Å². The van der Waals surface area contributed by atoms with Crippen LogP contribution in [0.5, 0.6) is 0 Å². The van der Waals surface area contributed by atoms with Gasteiger partial charge in [-0.05, 0) is 51.1 Å². The molecule has 0 aliphatic carbocycles. The molecule has 0 aliphatic rings. The largest absolute Gasteiger partial charge is 0.398 e. The molecule has 32 heavy (non-hydrogen) atoms. The first-order valence-electron chi connectivity index (χ1n) is 11.9. The number of benzene rings is 3. The van der Waals surface area contributed by atoms with E-state index in [0.29, 0.717) is 0 Å². The maximum Gasteiger partial charge on any atom is 0.0391 e. The molecule has 0 spiro atoms. The van der Waals surface area contributed by atoms with E-state index in [-0.39, 0.29) is 22.7 Å². The fourth-order valence-corrected chi connectivity index (χ4v) is 4.47. The standard InChI is InChI=1S/C31H41N/c1-20-18-27(21(2)23-10-14-25(15-11-23)30(4,5)6)29(32)28(19-20)22(3)24-12-16-26(17-13-24)31(7,8)9/h10-19,21-22H,32H2,1-9H3/t21-,22-/m1/s1. The summed E-state index contributed by atoms with van der Waals surface area (Å²) < 4.78 is 0. The zero-order chi connectivity index (χ0) is 23.8. The Balaban J connectivity index is 1.96. The normalized spacial score (nSPS) is 14.3. The van der Waals surface area contributed by atoms with Gasteiger partial charge in [0, 0.05) is 17.5 Å². The fourth-order valence-electron chi connectivity index (χ4n) is 4.47. The summed E-state index contributed by atoms with van der Waals surface area (Å²) in [6.45, 7) is 20.2. The van der Waals surface area contributed by atoms with Crippen molar-refractivity contribution in [1.29, 1.82) is 0 Å². The molecule has 3 rings (SSSR count). The van der Waals surface area contributed by atoms with Gasteiger partial charge in [0.2, 0.25) is 0 Å². The molecule has 3 aromatic rings. The quantitative estimate of drug-likeness (QED) is 0.415. The van der Waals surface area contributed by atoms with Crippen LogP contribution in [0.25, 0.3) is 0 Å². The van der Waals surface area contributed by atoms with Gasteiger partial charge in [0.15, 0.2) is 0 Å². The van der Waals surface area contributed by atoms with Gasteiger partial charge in [0.25, 0.3) is 0 Å². The van der Waals surface area contributed by atoms with Crippen LogP contribution in [0.3, 0.4) is 0 Å². The minimum atomic E-state index is 0.162. The van der Waals surface area contributed by atoms with Gasteiger partial charge in [-0.3, -0.25) is 0 Å². The van der Waals surface area contributed by atoms with E-state index in [4.69, 9.17) is 5.73 Å². The Morgan fingerprint density at radius 3 is 1.19 bits per heavy atom. The lowest BCUT2D eigenvalue weighted by Crippen LogP contribution is -2.12. The zero-order valence-corrected chi connectivity index (χ0v) is 21.5. The second-order valence-electron chi connectivity index (χ2n) is 11.5. The third kappa shape index (κ3) is 5.09. The van der Waals surface area contributed by atoms with Crippen LogP contribution in [0.4, 0.5) is 5.69 Å². The van der Waals surface area contributed by atoms with Crippen molar-refractivity contribution >= 4 is 5.69 Å². The summed E-state index contributed by atoms with van der Waals surface area (Å²) in [5.41, 5.74) is 17.1. The first kappa shape index (κ1) is 24.1. The summed E-state index contributed by atoms with van der Waals surface area (Å²) >= 11 is 0. The summed E-state index contributed by atoms with van der Waals surface area (Å²) in [4.78, 5) is 0. The minimum absolute atomic E-state index is 0.162. The molecule has 0 heterocycles. The summed E-state index contributed by atoms with van der Waals surface area (Å²) in [5.74, 6) is 0.497. The van der Waals surface area contributed by atoms with Gasteiger partial charge in [0.05, 0.1) is 0 Å². The van der Waals surface area contributed by atoms with Gasteiger partial charge in [-0.1, -0.05) is 122 Å². The molecule has 1 nitrogen and oxygen atoms in total. The monoisotopic (exact) mass is 427 g/mol. The Morgan fingerprint density at radius 2 is 0.906 bits per heavy atom. The van der Waals surface area contributed by atoms with Crippen LogP contribution in [0, 0.1) is 6.92 Å². The van der Waals surface area contributed by atoms with Gasteiger partial charge in [-0.25, -0.2) is 0 Å². The molecular formula is C31H41N. The van der Waals surface area contributed by atoms with E-state index in [1.54, 1.807) is 0 Å². The van der Waals surface area contributed by atoms with Crippen LogP contribution < -0.4 is 5.73 Å². The van der Waals surface area contributed by atoms with Crippen molar-refractivity contribution in [2.24, 2.45) is 0 Å². The number of nitrogens with two attached hydrogens (primary N) is 1. The van der Waals surface area contributed by atoms with Crippen LogP contribution in [0.15, 0.2) is 60.7 Å². The van der Waals surface area contributed by atoms with Crippen molar-refractivity contribution < 1.29 is 0 Å². The highest BCUT2D eigenvalue weighted by atomic mass is 14.6. The summed E-state index contributed by atoms with van der Waals surface area (Å²) in [6.07, 6.45) is 0. The number of rotatable bonds is 4. The maximum absolute atomic E-state index is 6.83. The second-order valence-corrected chi connectivity index (χ2v) is 11.5. The Morgan fingerprint density at radius 1 is 0.594 bits per heavy atom. The highest BCUT2D eigenvalue weighted by molar-refractivity contribution is 5.61. The van der Waals surface area contributed by atoms with E-state index in [1.165, 1.54) is 38.9 Å². The molecule has 2 N–H and O–H groups in total. The number of hydrogen-bond donors (Lipinski definition) is 1. The molecule has 0 amide bonds. The van der Waals surface area contributed by atoms with E-state index in [2.05, 4.69) is 123 Å². The number of nitrogen functional groups attached to an aromatic ring is 1. The molecule has 0 saturated heterocycles. The average molecular weight is 428 g/mol. The SMILES string of the molecule is Cc1cc([C@H](C)c2ccc(C(C)(C)C)cc2)c(N)c([C@H](C)c2ccc(C(C)(C)C)cc2)c1. The molecule has 170 valence electrons. The van der Waals surface area contributed by atoms with Gasteiger partial charge in [0.1, 0.15) is 0 Å². The molecular weight excluding hydrogens is 386 g/mol. The number of hydrogen-bond acceptors (Lipinski definition) is 1. The van der Waals surface area contributed by atoms with Crippen molar-refractivity contribution in [1.82, 2.24) is 0 Å². The van der Waals surface area contributed by atoms with Crippen LogP contribution in [-0.4, -0.2) is 0 Å². The topological polar surface area (TPSA) is 26.0 Å². The van der Waals surface area contributed by atoms with Crippen molar-refractivity contribution in [2.45, 2.75) is 85.0 Å². The molecule has 0 aromatic heterocycles. The lowest BCUT2D eigenvalue weighted by molar-refractivity contribution is 0.589. The van der Waals surface area contributed by atoms with Crippen molar-refractivity contribution in [3.8, 4) is 0 Å². The average Bonchev–Trinajstić information content (AvgIpc) is 2.73. The third-order valence-electron chi connectivity index (χ3n) is 6.87. The smallest absolute Gasteiger partial charge is 0.0391 e. The molecule has 0 fully saturated rings. The van der Waals surface area contributed by atoms with E-state index in [0.717, 1.165) is 5.69 Å². The fraction of sp³-hybridized carbons (Fsp3) is 0.419. The Bertz CT molecular complexity index is 973. The van der Waals surface area contributed by atoms with Crippen molar-refractivity contribution in [3.05, 3.63) is 99.6 Å². The summed E-state index contributed by atoms with van der Waals surface area (Å²) in [5, 5.41) is 0. The van der Waals surface area contributed by atoms with Gasteiger partial charge < -0.3 is 5.73 Å². The molecule has 0 bridgehead atoms. The molecule has 0 radical (unpaired) electrons. The molecule has 3 aromatic carbocycles. The molecule has 2 atom stereocenters. The molecule has 0 aliphatic heterocycles. The first-order valence-corrected chi connectivity index (χ1v) is 11.9. The Kier molecular flexibility index (Phi) is 6.61. The van der Waals surface area contributed by atoms with Crippen molar-refractivity contribution in [3.63, 3.8) is 0 Å². The first-order chi connectivity index (χ1) is 14.8. The predicted molar refractivity (Wildman–Crippen MR) is 141 cm³/mol. The summed E-state index contributed by atoms with van der Waals surface area (Å²) in [7, 11) is 0. The van der Waals surface area contributed by atoms with Crippen LogP contribution in [0.1, 0.15) is 106 Å².